The Labute approximate surface area is 488 Å². The minimum absolute atomic E-state index is 0.00226. The number of nitrogens with one attached hydrogen (secondary N) is 1. The van der Waals surface area contributed by atoms with Gasteiger partial charge in [0.15, 0.2) is 12.6 Å². The van der Waals surface area contributed by atoms with E-state index in [9.17, 15) is 14.4 Å². The van der Waals surface area contributed by atoms with E-state index in [1.165, 1.54) is 18.7 Å². The molecule has 3 amide bonds. The van der Waals surface area contributed by atoms with Gasteiger partial charge in [0.05, 0.1) is 46.8 Å². The number of pyridine rings is 1. The molecule has 6 aromatic rings. The van der Waals surface area contributed by atoms with Crippen LogP contribution in [0.2, 0.25) is 0 Å². The third-order valence-corrected chi connectivity index (χ3v) is 18.9. The summed E-state index contributed by atoms with van der Waals surface area (Å²) >= 11 is 0. The number of benzene rings is 3. The normalized spacial score (nSPS) is 22.9. The number of carbonyl (C=O) groups is 3. The van der Waals surface area contributed by atoms with Crippen LogP contribution < -0.4 is 19.7 Å². The predicted octanol–water partition coefficient (Wildman–Crippen LogP) is 8.52. The van der Waals surface area contributed by atoms with E-state index >= 15 is 8.78 Å². The van der Waals surface area contributed by atoms with Crippen molar-refractivity contribution in [2.45, 2.75) is 121 Å². The summed E-state index contributed by atoms with van der Waals surface area (Å²) in [6.45, 7) is 15.4. The fourth-order valence-electron chi connectivity index (χ4n) is 14.4. The Bertz CT molecular complexity index is 3580. The molecule has 6 saturated heterocycles. The van der Waals surface area contributed by atoms with Crippen LogP contribution >= 0.6 is 0 Å². The number of nitrogens with zero attached hydrogens (tertiary/aromatic N) is 10. The number of rotatable bonds is 15. The van der Waals surface area contributed by atoms with Crippen LogP contribution in [0.3, 0.4) is 0 Å². The largest absolute Gasteiger partial charge is 0.468 e. The van der Waals surface area contributed by atoms with Gasteiger partial charge in [-0.15, -0.1) is 6.42 Å². The summed E-state index contributed by atoms with van der Waals surface area (Å²) in [6, 6.07) is 13.1. The molecule has 0 spiro atoms. The van der Waals surface area contributed by atoms with Crippen molar-refractivity contribution >= 4 is 56.3 Å². The number of fused-ring (bicyclic) bond motifs is 5. The lowest BCUT2D eigenvalue weighted by molar-refractivity contribution is -0.134. The molecule has 6 aliphatic heterocycles. The van der Waals surface area contributed by atoms with Gasteiger partial charge in [0.25, 0.3) is 0 Å². The van der Waals surface area contributed by atoms with Crippen LogP contribution in [0, 0.1) is 35.3 Å². The topological polar surface area (TPSA) is 173 Å². The van der Waals surface area contributed by atoms with E-state index in [1.54, 1.807) is 24.4 Å². The molecule has 1 N–H and O–H groups in total. The average molecular weight is 1150 g/mol. The van der Waals surface area contributed by atoms with Gasteiger partial charge in [0, 0.05) is 93.8 Å². The number of halogens is 2. The fourth-order valence-corrected chi connectivity index (χ4v) is 14.4. The molecule has 2 bridgehead atoms. The number of hydrogen-bond donors (Lipinski definition) is 1. The Morgan fingerprint density at radius 3 is 2.32 bits per heavy atom. The van der Waals surface area contributed by atoms with E-state index in [0.717, 1.165) is 120 Å². The van der Waals surface area contributed by atoms with E-state index < -0.39 is 23.2 Å². The maximum absolute atomic E-state index is 17.7. The van der Waals surface area contributed by atoms with Gasteiger partial charge in [-0.05, 0) is 152 Å². The molecule has 3 unspecified atom stereocenters. The summed E-state index contributed by atoms with van der Waals surface area (Å²) in [6.07, 6.45) is 16.0. The van der Waals surface area contributed by atoms with Crippen LogP contribution in [0.25, 0.3) is 43.8 Å². The van der Waals surface area contributed by atoms with Crippen LogP contribution in [-0.2, 0) is 26.1 Å². The number of carbonyl (C=O) groups excluding carboxylic acids is 3. The molecule has 0 radical (unpaired) electrons. The van der Waals surface area contributed by atoms with Crippen molar-refractivity contribution in [1.82, 2.24) is 49.6 Å². The molecule has 7 fully saturated rings. The zero-order valence-corrected chi connectivity index (χ0v) is 48.8. The Morgan fingerprint density at radius 1 is 0.869 bits per heavy atom. The molecular formula is C64H75F2N11O7. The van der Waals surface area contributed by atoms with Gasteiger partial charge in [-0.25, -0.2) is 13.6 Å². The lowest BCUT2D eigenvalue weighted by atomic mass is 9.87. The lowest BCUT2D eigenvalue weighted by Crippen LogP contribution is -2.58. The fraction of sp³-hybridized carbons (Fsp3) is 0.547. The first kappa shape index (κ1) is 56.1. The second-order valence-corrected chi connectivity index (χ2v) is 25.9. The molecule has 1 saturated carbocycles. The number of hydrogen-bond acceptors (Lipinski definition) is 15. The standard InChI is InChI=1S/C64H75F2N11O7/c1-7-46-51(65)14-9-41-26-45(83-37-81-6)28-49(54(41)46)57-55(66)58-50(29-67-57)59(76-33-43-10-11-44(34-76)77(43)62(80)84-63(2,3)4)70-61(69-58)82-36-64(20-21-64)35-74-24-18-42(19-25-74)75-31-38(32-75)30-73-22-16-39(17-23-73)40-8-12-47-52(27-40)72(5)71-56(47)48-13-15-53(78)68-60(48)79/h1,8-9,12,14,26-29,38-39,42-44,48H,10-11,13,15-25,30-37H2,2-6H3,(H,68,78,79). The lowest BCUT2D eigenvalue weighted by Gasteiger charge is -2.49. The van der Waals surface area contributed by atoms with Gasteiger partial charge in [0.1, 0.15) is 34.2 Å². The number of anilines is 1. The molecule has 3 aromatic carbocycles. The highest BCUT2D eigenvalue weighted by Gasteiger charge is 2.48. The number of imide groups is 1. The number of terminal acetylenes is 1. The molecule has 13 rings (SSSR count). The van der Waals surface area contributed by atoms with E-state index in [-0.39, 0.29) is 70.5 Å². The third-order valence-electron chi connectivity index (χ3n) is 18.9. The van der Waals surface area contributed by atoms with Gasteiger partial charge < -0.3 is 33.6 Å². The van der Waals surface area contributed by atoms with Gasteiger partial charge in [-0.3, -0.25) is 34.4 Å². The molecule has 7 aliphatic rings. The highest BCUT2D eigenvalue weighted by molar-refractivity contribution is 6.04. The van der Waals surface area contributed by atoms with E-state index in [0.29, 0.717) is 78.1 Å². The summed E-state index contributed by atoms with van der Waals surface area (Å²) in [5.74, 6) is 2.24. The summed E-state index contributed by atoms with van der Waals surface area (Å²) < 4.78 is 58.5. The molecule has 1 aliphatic carbocycles. The number of ether oxygens (including phenoxy) is 4. The van der Waals surface area contributed by atoms with Crippen molar-refractivity contribution < 1.29 is 42.1 Å². The number of amides is 3. The minimum atomic E-state index is -0.742. The SMILES string of the molecule is C#Cc1c(F)ccc2cc(OCOC)cc(-c3ncc4c(N5CC6CCC(C5)N6C(=O)OC(C)(C)C)nc(OCC5(CN6CCC(N7CC(CN8CCC(c9ccc%10c(C%11CCC(=O)NC%11=O)nn(C)c%10c9)CC8)C7)CC6)CC5)nc4c3F)c12. The zero-order valence-electron chi connectivity index (χ0n) is 48.8. The van der Waals surface area contributed by atoms with Crippen LogP contribution in [0.4, 0.5) is 19.4 Å². The molecule has 3 atom stereocenters. The van der Waals surface area contributed by atoms with Crippen molar-refractivity contribution in [1.29, 1.82) is 0 Å². The first-order valence-electron chi connectivity index (χ1n) is 30.1. The van der Waals surface area contributed by atoms with Crippen LogP contribution in [0.1, 0.15) is 114 Å². The summed E-state index contributed by atoms with van der Waals surface area (Å²) in [7, 11) is 3.44. The van der Waals surface area contributed by atoms with Crippen molar-refractivity contribution in [3.05, 3.63) is 77.1 Å². The quantitative estimate of drug-likeness (QED) is 0.0589. The van der Waals surface area contributed by atoms with Gasteiger partial charge in [-0.1, -0.05) is 24.1 Å². The molecular weight excluding hydrogens is 1070 g/mol. The molecule has 442 valence electrons. The van der Waals surface area contributed by atoms with E-state index in [2.05, 4.69) is 49.0 Å². The molecule has 9 heterocycles. The van der Waals surface area contributed by atoms with Crippen molar-refractivity contribution in [2.24, 2.45) is 18.4 Å². The molecule has 3 aromatic heterocycles. The van der Waals surface area contributed by atoms with Crippen molar-refractivity contribution in [2.75, 3.05) is 90.9 Å². The number of methoxy groups -OCH3 is 1. The van der Waals surface area contributed by atoms with Gasteiger partial charge in [-0.2, -0.15) is 15.1 Å². The smallest absolute Gasteiger partial charge is 0.410 e. The van der Waals surface area contributed by atoms with E-state index in [4.69, 9.17) is 45.4 Å². The highest BCUT2D eigenvalue weighted by atomic mass is 19.1. The summed E-state index contributed by atoms with van der Waals surface area (Å²) in [5.41, 5.74) is 2.53. The van der Waals surface area contributed by atoms with E-state index in [1.807, 2.05) is 37.4 Å². The molecule has 18 nitrogen and oxygen atoms in total. The predicted molar refractivity (Wildman–Crippen MR) is 314 cm³/mol. The Morgan fingerprint density at radius 2 is 1.62 bits per heavy atom. The number of aryl methyl sites for hydroxylation is 1. The Balaban J connectivity index is 0.650. The molecule has 20 heteroatoms. The van der Waals surface area contributed by atoms with Crippen LogP contribution in [-0.4, -0.2) is 172 Å². The maximum atomic E-state index is 17.7. The van der Waals surface area contributed by atoms with Crippen molar-refractivity contribution in [3.63, 3.8) is 0 Å². The zero-order chi connectivity index (χ0) is 58.2. The van der Waals surface area contributed by atoms with Crippen LogP contribution in [0.5, 0.6) is 11.8 Å². The van der Waals surface area contributed by atoms with Crippen molar-refractivity contribution in [3.8, 4) is 35.4 Å². The second-order valence-electron chi connectivity index (χ2n) is 25.9. The van der Waals surface area contributed by atoms with Crippen LogP contribution in [0.15, 0.2) is 48.7 Å². The Kier molecular flexibility index (Phi) is 15.0. The number of piperazine rings is 1. The first-order valence-corrected chi connectivity index (χ1v) is 30.1. The van der Waals surface area contributed by atoms with Gasteiger partial charge in [0.2, 0.25) is 11.8 Å². The number of likely N-dealkylation sites (tertiary alicyclic amines) is 3. The maximum Gasteiger partial charge on any atom is 0.410 e. The third kappa shape index (κ3) is 11.0. The average Bonchev–Trinajstić information content (AvgIpc) is 1.47. The number of aromatic nitrogens is 5. The monoisotopic (exact) mass is 1150 g/mol. The van der Waals surface area contributed by atoms with Gasteiger partial charge >= 0.3 is 12.1 Å². The Hall–Kier alpha value is -7.05. The summed E-state index contributed by atoms with van der Waals surface area (Å²) in [4.78, 5) is 64.5. The highest BCUT2D eigenvalue weighted by Crippen LogP contribution is 2.48. The first-order chi connectivity index (χ1) is 40.5. The minimum Gasteiger partial charge on any atom is -0.468 e. The summed E-state index contributed by atoms with van der Waals surface area (Å²) in [5, 5.41) is 9.48. The number of piperidine rings is 3. The second kappa shape index (κ2) is 22.4. The molecule has 84 heavy (non-hydrogen) atoms.